The molecular weight excluding hydrogens is 605 g/mol. The van der Waals surface area contributed by atoms with Gasteiger partial charge in [-0.25, -0.2) is 0 Å². The van der Waals surface area contributed by atoms with E-state index in [0.29, 0.717) is 0 Å². The fourth-order valence-electron chi connectivity index (χ4n) is 6.68. The van der Waals surface area contributed by atoms with Crippen LogP contribution < -0.4 is 9.80 Å². The van der Waals surface area contributed by atoms with E-state index >= 15 is 0 Å². The Bertz CT molecular complexity index is 2160. The van der Waals surface area contributed by atoms with Gasteiger partial charge in [0.1, 0.15) is 0 Å². The maximum absolute atomic E-state index is 2.40. The van der Waals surface area contributed by atoms with Gasteiger partial charge in [0.05, 0.1) is 11.4 Å². The highest BCUT2D eigenvalue weighted by molar-refractivity contribution is 5.93. The Hall–Kier alpha value is -6.64. The van der Waals surface area contributed by atoms with Gasteiger partial charge in [0.25, 0.3) is 0 Å². The summed E-state index contributed by atoms with van der Waals surface area (Å²) in [7, 11) is 0. The third-order valence-corrected chi connectivity index (χ3v) is 9.07. The second-order valence-electron chi connectivity index (χ2n) is 12.2. The minimum Gasteiger partial charge on any atom is -0.311 e. The summed E-state index contributed by atoms with van der Waals surface area (Å²) >= 11 is 0. The monoisotopic (exact) mass is 640 g/mol. The highest BCUT2D eigenvalue weighted by atomic mass is 15.1. The van der Waals surface area contributed by atoms with Gasteiger partial charge in [-0.3, -0.25) is 0 Å². The van der Waals surface area contributed by atoms with Gasteiger partial charge in [0.15, 0.2) is 0 Å². The topological polar surface area (TPSA) is 6.48 Å². The van der Waals surface area contributed by atoms with E-state index in [1.165, 1.54) is 33.4 Å². The zero-order chi connectivity index (χ0) is 33.5. The van der Waals surface area contributed by atoms with Gasteiger partial charge in [-0.1, -0.05) is 158 Å². The summed E-state index contributed by atoms with van der Waals surface area (Å²) in [6.07, 6.45) is 0. The number of para-hydroxylation sites is 4. The second kappa shape index (κ2) is 14.2. The molecule has 0 radical (unpaired) electrons. The van der Waals surface area contributed by atoms with Crippen LogP contribution in [-0.2, 0) is 0 Å². The maximum Gasteiger partial charge on any atom is 0.0540 e. The van der Waals surface area contributed by atoms with Crippen LogP contribution in [0.25, 0.3) is 33.4 Å². The van der Waals surface area contributed by atoms with Crippen LogP contribution in [0.4, 0.5) is 34.1 Å². The van der Waals surface area contributed by atoms with Crippen LogP contribution in [0.2, 0.25) is 0 Å². The SMILES string of the molecule is c1ccc(-c2ccccc2N(c2ccc(-c3ccc(N(c4ccccc4)c4ccccc4)cc3)cc2)c2ccccc2-c2ccccc2)cc1. The first-order valence-corrected chi connectivity index (χ1v) is 17.0. The number of rotatable bonds is 9. The van der Waals surface area contributed by atoms with E-state index in [9.17, 15) is 0 Å². The standard InChI is InChI=1S/C48H36N2/c1-5-17-39(18-6-1)45-25-13-15-27-47(45)50(48-28-16-14-26-46(48)40-19-7-2-8-20-40)44-35-31-38(32-36-44)37-29-33-43(34-30-37)49(41-21-9-3-10-22-41)42-23-11-4-12-24-42/h1-36H. The molecule has 0 amide bonds. The van der Waals surface area contributed by atoms with Gasteiger partial charge in [-0.15, -0.1) is 0 Å². The number of anilines is 6. The molecule has 0 heterocycles. The summed E-state index contributed by atoms with van der Waals surface area (Å²) in [5, 5.41) is 0. The molecule has 0 saturated carbocycles. The minimum atomic E-state index is 1.09. The fourth-order valence-corrected chi connectivity index (χ4v) is 6.68. The number of nitrogens with zero attached hydrogens (tertiary/aromatic N) is 2. The average Bonchev–Trinajstić information content (AvgIpc) is 3.21. The Morgan fingerprint density at radius 3 is 0.900 bits per heavy atom. The third-order valence-electron chi connectivity index (χ3n) is 9.07. The lowest BCUT2D eigenvalue weighted by Gasteiger charge is -2.30. The van der Waals surface area contributed by atoms with Crippen molar-refractivity contribution in [1.82, 2.24) is 0 Å². The van der Waals surface area contributed by atoms with Crippen LogP contribution in [0.15, 0.2) is 218 Å². The van der Waals surface area contributed by atoms with E-state index in [2.05, 4.69) is 228 Å². The van der Waals surface area contributed by atoms with E-state index in [-0.39, 0.29) is 0 Å². The number of hydrogen-bond acceptors (Lipinski definition) is 2. The maximum atomic E-state index is 2.40. The van der Waals surface area contributed by atoms with Gasteiger partial charge < -0.3 is 9.80 Å². The lowest BCUT2D eigenvalue weighted by molar-refractivity contribution is 1.28. The molecule has 2 heteroatoms. The molecule has 0 spiro atoms. The summed E-state index contributed by atoms with van der Waals surface area (Å²) in [5.74, 6) is 0. The van der Waals surface area contributed by atoms with Crippen LogP contribution in [0.1, 0.15) is 0 Å². The van der Waals surface area contributed by atoms with Crippen molar-refractivity contribution in [1.29, 1.82) is 0 Å². The van der Waals surface area contributed by atoms with Gasteiger partial charge in [0, 0.05) is 33.9 Å². The van der Waals surface area contributed by atoms with Crippen LogP contribution in [0.5, 0.6) is 0 Å². The lowest BCUT2D eigenvalue weighted by Crippen LogP contribution is -2.12. The largest absolute Gasteiger partial charge is 0.311 e. The Balaban J connectivity index is 1.19. The van der Waals surface area contributed by atoms with E-state index in [0.717, 1.165) is 34.1 Å². The Labute approximate surface area is 294 Å². The van der Waals surface area contributed by atoms with Crippen LogP contribution >= 0.6 is 0 Å². The molecule has 0 atom stereocenters. The first-order valence-electron chi connectivity index (χ1n) is 17.0. The van der Waals surface area contributed by atoms with Gasteiger partial charge in [-0.05, 0) is 82.9 Å². The average molecular weight is 641 g/mol. The molecule has 0 fully saturated rings. The smallest absolute Gasteiger partial charge is 0.0540 e. The van der Waals surface area contributed by atoms with E-state index in [4.69, 9.17) is 0 Å². The molecule has 0 aliphatic heterocycles. The quantitative estimate of drug-likeness (QED) is 0.155. The van der Waals surface area contributed by atoms with E-state index in [1.807, 2.05) is 0 Å². The van der Waals surface area contributed by atoms with E-state index < -0.39 is 0 Å². The van der Waals surface area contributed by atoms with Crippen molar-refractivity contribution in [2.75, 3.05) is 9.80 Å². The first-order chi connectivity index (χ1) is 24.8. The van der Waals surface area contributed by atoms with Gasteiger partial charge >= 0.3 is 0 Å². The summed E-state index contributed by atoms with van der Waals surface area (Å²) in [6, 6.07) is 77.5. The third kappa shape index (κ3) is 6.31. The predicted octanol–water partition coefficient (Wildman–Crippen LogP) is 13.6. The minimum absolute atomic E-state index is 1.09. The molecule has 0 aromatic heterocycles. The summed E-state index contributed by atoms with van der Waals surface area (Å²) in [6.45, 7) is 0. The predicted molar refractivity (Wildman–Crippen MR) is 212 cm³/mol. The molecule has 0 unspecified atom stereocenters. The summed E-state index contributed by atoms with van der Waals surface area (Å²) < 4.78 is 0. The molecule has 2 nitrogen and oxygen atoms in total. The van der Waals surface area contributed by atoms with Crippen LogP contribution in [0, 0.1) is 0 Å². The molecule has 0 aliphatic carbocycles. The second-order valence-corrected chi connectivity index (χ2v) is 12.2. The molecule has 50 heavy (non-hydrogen) atoms. The molecule has 238 valence electrons. The van der Waals surface area contributed by atoms with Crippen molar-refractivity contribution in [3.05, 3.63) is 218 Å². The number of benzene rings is 8. The van der Waals surface area contributed by atoms with Crippen molar-refractivity contribution < 1.29 is 0 Å². The Kier molecular flexibility index (Phi) is 8.73. The molecule has 8 aromatic carbocycles. The summed E-state index contributed by atoms with van der Waals surface area (Å²) in [4.78, 5) is 4.69. The van der Waals surface area contributed by atoms with Crippen molar-refractivity contribution in [3.63, 3.8) is 0 Å². The zero-order valence-electron chi connectivity index (χ0n) is 27.7. The van der Waals surface area contributed by atoms with Crippen molar-refractivity contribution in [2.24, 2.45) is 0 Å². The van der Waals surface area contributed by atoms with Crippen LogP contribution in [-0.4, -0.2) is 0 Å². The fraction of sp³-hybridized carbons (Fsp3) is 0. The molecule has 8 rings (SSSR count). The first kappa shape index (κ1) is 30.7. The molecule has 0 saturated heterocycles. The Morgan fingerprint density at radius 1 is 0.200 bits per heavy atom. The normalized spacial score (nSPS) is 10.8. The zero-order valence-corrected chi connectivity index (χ0v) is 27.7. The highest BCUT2D eigenvalue weighted by Crippen LogP contribution is 2.45. The highest BCUT2D eigenvalue weighted by Gasteiger charge is 2.20. The van der Waals surface area contributed by atoms with Crippen molar-refractivity contribution in [3.8, 4) is 33.4 Å². The lowest BCUT2D eigenvalue weighted by atomic mass is 9.98. The molecular formula is C48H36N2. The summed E-state index contributed by atoms with van der Waals surface area (Å²) in [5.41, 5.74) is 13.8. The van der Waals surface area contributed by atoms with Crippen molar-refractivity contribution in [2.45, 2.75) is 0 Å². The van der Waals surface area contributed by atoms with Gasteiger partial charge in [-0.2, -0.15) is 0 Å². The molecule has 0 aliphatic rings. The Morgan fingerprint density at radius 2 is 0.500 bits per heavy atom. The van der Waals surface area contributed by atoms with E-state index in [1.54, 1.807) is 0 Å². The molecule has 8 aromatic rings. The van der Waals surface area contributed by atoms with Crippen LogP contribution in [0.3, 0.4) is 0 Å². The number of hydrogen-bond donors (Lipinski definition) is 0. The van der Waals surface area contributed by atoms with Crippen molar-refractivity contribution >= 4 is 34.1 Å². The molecule has 0 bridgehead atoms. The van der Waals surface area contributed by atoms with Gasteiger partial charge in [0.2, 0.25) is 0 Å². The molecule has 0 N–H and O–H groups in total.